The third-order valence-corrected chi connectivity index (χ3v) is 11.1. The molecule has 0 saturated heterocycles. The Hall–Kier alpha value is -0.800. The zero-order valence-corrected chi connectivity index (χ0v) is 21.2. The van der Waals surface area contributed by atoms with Crippen molar-refractivity contribution in [2.75, 3.05) is 6.61 Å². The quantitative estimate of drug-likeness (QED) is 0.449. The summed E-state index contributed by atoms with van der Waals surface area (Å²) in [5, 5.41) is 29.0. The van der Waals surface area contributed by atoms with Gasteiger partial charge in [0.05, 0.1) is 14.7 Å². The molecule has 0 heterocycles. The second kappa shape index (κ2) is 8.12. The van der Waals surface area contributed by atoms with Crippen LogP contribution < -0.4 is 0 Å². The maximum Gasteiger partial charge on any atom is 0.332 e. The fraction of sp³-hybridized carbons (Fsp3) is 0.696. The number of carboxylic acid groups (broad SMARTS) is 1. The van der Waals surface area contributed by atoms with Gasteiger partial charge in [-0.3, -0.25) is 9.59 Å². The fourth-order valence-electron chi connectivity index (χ4n) is 7.42. The smallest absolute Gasteiger partial charge is 0.332 e. The highest BCUT2D eigenvalue weighted by molar-refractivity contribution is 9.12. The standard InChI is InChI=1S/C23H26BrCl2FO6/c1-21-7-15(25)23(26)17(10(21)4-3-9(21)14(30)8-28)16(19(31)20(32)33)18(27)11-5-13(29)12(24)6-22(11,23)2/h5-6,9-10,15-19,28,31H,3-4,7-8H2,1-2H3,(H,32,33)/t9-,10+,15+,16?,17-,18+,19?,21-,22+,23-/m1/s1. The van der Waals surface area contributed by atoms with E-state index in [-0.39, 0.29) is 22.3 Å². The van der Waals surface area contributed by atoms with Crippen LogP contribution in [0.2, 0.25) is 0 Å². The number of aliphatic hydroxyl groups excluding tert-OH is 2. The third kappa shape index (κ3) is 3.20. The number of ketones is 2. The molecule has 0 spiro atoms. The first-order chi connectivity index (χ1) is 15.3. The highest BCUT2D eigenvalue weighted by Gasteiger charge is 2.74. The first kappa shape index (κ1) is 25.3. The van der Waals surface area contributed by atoms with Crippen LogP contribution in [-0.4, -0.2) is 62.0 Å². The van der Waals surface area contributed by atoms with Crippen LogP contribution >= 0.6 is 39.1 Å². The minimum absolute atomic E-state index is 0.00230. The summed E-state index contributed by atoms with van der Waals surface area (Å²) in [6.07, 6.45) is -0.216. The summed E-state index contributed by atoms with van der Waals surface area (Å²) in [4.78, 5) is 35.4. The van der Waals surface area contributed by atoms with Crippen LogP contribution in [0.25, 0.3) is 0 Å². The van der Waals surface area contributed by atoms with E-state index in [9.17, 15) is 29.7 Å². The number of fused-ring (bicyclic) bond motifs is 5. The summed E-state index contributed by atoms with van der Waals surface area (Å²) in [6.45, 7) is 2.91. The van der Waals surface area contributed by atoms with Gasteiger partial charge in [-0.2, -0.15) is 0 Å². The zero-order valence-electron chi connectivity index (χ0n) is 18.1. The minimum Gasteiger partial charge on any atom is -0.479 e. The summed E-state index contributed by atoms with van der Waals surface area (Å²) in [5.41, 5.74) is -2.00. The number of aliphatic hydroxyl groups is 2. The average Bonchev–Trinajstić information content (AvgIpc) is 3.07. The maximum absolute atomic E-state index is 16.2. The summed E-state index contributed by atoms with van der Waals surface area (Å²) in [7, 11) is 0. The van der Waals surface area contributed by atoms with Gasteiger partial charge in [-0.15, -0.1) is 23.2 Å². The second-order valence-electron chi connectivity index (χ2n) is 10.3. The lowest BCUT2D eigenvalue weighted by molar-refractivity contribution is -0.162. The molecule has 0 amide bonds. The van der Waals surface area contributed by atoms with Crippen molar-refractivity contribution in [1.82, 2.24) is 0 Å². The van der Waals surface area contributed by atoms with Crippen LogP contribution in [-0.2, 0) is 14.4 Å². The number of halogens is 4. The number of hydrogen-bond acceptors (Lipinski definition) is 5. The topological polar surface area (TPSA) is 112 Å². The van der Waals surface area contributed by atoms with E-state index in [1.54, 1.807) is 13.0 Å². The van der Waals surface area contributed by atoms with Crippen molar-refractivity contribution in [3.05, 3.63) is 22.2 Å². The van der Waals surface area contributed by atoms with Crippen LogP contribution in [0.5, 0.6) is 0 Å². The number of hydrogen-bond donors (Lipinski definition) is 3. The van der Waals surface area contributed by atoms with Gasteiger partial charge in [0.15, 0.2) is 17.7 Å². The third-order valence-electron chi connectivity index (χ3n) is 8.95. The predicted molar refractivity (Wildman–Crippen MR) is 123 cm³/mol. The van der Waals surface area contributed by atoms with Crippen molar-refractivity contribution in [2.45, 2.75) is 55.6 Å². The molecule has 2 unspecified atom stereocenters. The predicted octanol–water partition coefficient (Wildman–Crippen LogP) is 3.39. The molecular weight excluding hydrogens is 542 g/mol. The monoisotopic (exact) mass is 566 g/mol. The Balaban J connectivity index is 1.96. The van der Waals surface area contributed by atoms with E-state index in [1.165, 1.54) is 0 Å². The Kier molecular flexibility index (Phi) is 6.22. The molecule has 4 aliphatic carbocycles. The molecule has 3 saturated carbocycles. The number of carboxylic acids is 1. The SMILES string of the molecule is C[C@]12C[C@H](Cl)[C@@]3(Cl)[C@@H](C(C(O)C(=O)O)[C@@H](F)C4=CC(=O)C(Br)=C[C@@]43C)[C@@H]1CC[C@@H]2C(=O)CO. The van der Waals surface area contributed by atoms with Gasteiger partial charge in [-0.05, 0) is 64.1 Å². The van der Waals surface area contributed by atoms with Gasteiger partial charge in [0, 0.05) is 17.3 Å². The lowest BCUT2D eigenvalue weighted by Gasteiger charge is -2.66. The molecular formula is C23H26BrCl2FO6. The van der Waals surface area contributed by atoms with Crippen LogP contribution in [0.3, 0.4) is 0 Å². The van der Waals surface area contributed by atoms with E-state index in [4.69, 9.17) is 23.2 Å². The molecule has 10 atom stereocenters. The summed E-state index contributed by atoms with van der Waals surface area (Å²) in [5.74, 6) is -5.75. The maximum atomic E-state index is 16.2. The summed E-state index contributed by atoms with van der Waals surface area (Å²) in [6, 6.07) is 0. The van der Waals surface area contributed by atoms with Crippen molar-refractivity contribution in [3.63, 3.8) is 0 Å². The zero-order chi connectivity index (χ0) is 24.7. The van der Waals surface area contributed by atoms with Gasteiger partial charge in [-0.25, -0.2) is 9.18 Å². The molecule has 3 fully saturated rings. The first-order valence-electron chi connectivity index (χ1n) is 10.9. The van der Waals surface area contributed by atoms with Crippen LogP contribution in [0, 0.1) is 34.5 Å². The Labute approximate surface area is 209 Å². The molecule has 3 N–H and O–H groups in total. The Morgan fingerprint density at radius 1 is 1.33 bits per heavy atom. The number of alkyl halides is 3. The van der Waals surface area contributed by atoms with Crippen LogP contribution in [0.1, 0.15) is 33.1 Å². The van der Waals surface area contributed by atoms with Gasteiger partial charge < -0.3 is 15.3 Å². The number of aliphatic carboxylic acids is 1. The average molecular weight is 568 g/mol. The van der Waals surface area contributed by atoms with E-state index in [1.807, 2.05) is 6.92 Å². The summed E-state index contributed by atoms with van der Waals surface area (Å²) < 4.78 is 16.4. The van der Waals surface area contributed by atoms with Gasteiger partial charge in [-0.1, -0.05) is 19.9 Å². The number of carbonyl (C=O) groups excluding carboxylic acids is 2. The molecule has 0 bridgehead atoms. The number of rotatable bonds is 4. The molecule has 4 rings (SSSR count). The number of Topliss-reactive ketones (excluding diaryl/α,β-unsaturated/α-hetero) is 1. The van der Waals surface area contributed by atoms with Gasteiger partial charge >= 0.3 is 5.97 Å². The highest BCUT2D eigenvalue weighted by atomic mass is 79.9. The lowest BCUT2D eigenvalue weighted by atomic mass is 9.43. The highest BCUT2D eigenvalue weighted by Crippen LogP contribution is 2.72. The van der Waals surface area contributed by atoms with E-state index in [0.717, 1.165) is 6.08 Å². The first-order valence-corrected chi connectivity index (χ1v) is 12.5. The molecule has 0 aliphatic heterocycles. The van der Waals surface area contributed by atoms with Crippen molar-refractivity contribution >= 4 is 56.7 Å². The van der Waals surface area contributed by atoms with Crippen molar-refractivity contribution in [3.8, 4) is 0 Å². The van der Waals surface area contributed by atoms with Gasteiger partial charge in [0.1, 0.15) is 12.8 Å². The Bertz CT molecular complexity index is 986. The number of allylic oxidation sites excluding steroid dienone is 4. The Morgan fingerprint density at radius 2 is 1.97 bits per heavy atom. The summed E-state index contributed by atoms with van der Waals surface area (Å²) >= 11 is 17.6. The van der Waals surface area contributed by atoms with E-state index >= 15 is 4.39 Å². The normalized spacial score (nSPS) is 47.6. The number of carbonyl (C=O) groups is 3. The molecule has 10 heteroatoms. The minimum atomic E-state index is -2.09. The molecule has 0 aromatic carbocycles. The van der Waals surface area contributed by atoms with Crippen LogP contribution in [0.4, 0.5) is 4.39 Å². The van der Waals surface area contributed by atoms with E-state index in [2.05, 4.69) is 15.9 Å². The van der Waals surface area contributed by atoms with Crippen LogP contribution in [0.15, 0.2) is 22.2 Å². The molecule has 4 aliphatic rings. The molecule has 0 radical (unpaired) electrons. The van der Waals surface area contributed by atoms with Gasteiger partial charge in [0.2, 0.25) is 0 Å². The molecule has 33 heavy (non-hydrogen) atoms. The van der Waals surface area contributed by atoms with Crippen molar-refractivity contribution < 1.29 is 34.1 Å². The molecule has 0 aromatic heterocycles. The fourth-order valence-corrected chi connectivity index (χ4v) is 9.23. The van der Waals surface area contributed by atoms with Gasteiger partial charge in [0.25, 0.3) is 0 Å². The lowest BCUT2D eigenvalue weighted by Crippen LogP contribution is -2.71. The van der Waals surface area contributed by atoms with E-state index in [0.29, 0.717) is 12.8 Å². The molecule has 0 aromatic rings. The second-order valence-corrected chi connectivity index (χ2v) is 12.3. The molecule has 182 valence electrons. The van der Waals surface area contributed by atoms with Crippen molar-refractivity contribution in [1.29, 1.82) is 0 Å². The Morgan fingerprint density at radius 3 is 2.55 bits per heavy atom. The largest absolute Gasteiger partial charge is 0.479 e. The van der Waals surface area contributed by atoms with Crippen molar-refractivity contribution in [2.24, 2.45) is 34.5 Å². The van der Waals surface area contributed by atoms with E-state index < -0.39 is 75.4 Å². The molecule has 6 nitrogen and oxygen atoms in total.